The zero-order valence-corrected chi connectivity index (χ0v) is 16.9. The standard InChI is InChI=1S/C20H28N4O2S/c1-3-26-18-13-16(9-11-17(18)25-2)14-21-24-19(22-23-20(24)27)12-10-15-7-5-4-6-8-15/h9,11,13-15H,3-8,10,12H2,1-2H3,(H,23,27)/b21-14-. The van der Waals surface area contributed by atoms with Gasteiger partial charge in [0.25, 0.3) is 0 Å². The van der Waals surface area contributed by atoms with Crippen molar-refractivity contribution in [2.45, 2.75) is 51.9 Å². The number of H-pyrrole nitrogens is 1. The van der Waals surface area contributed by atoms with Crippen LogP contribution in [0.3, 0.4) is 0 Å². The van der Waals surface area contributed by atoms with Crippen LogP contribution in [0.2, 0.25) is 0 Å². The van der Waals surface area contributed by atoms with Crippen molar-refractivity contribution in [2.75, 3.05) is 13.7 Å². The molecule has 1 aromatic heterocycles. The second-order valence-corrected chi connectivity index (χ2v) is 7.27. The second-order valence-electron chi connectivity index (χ2n) is 6.89. The summed E-state index contributed by atoms with van der Waals surface area (Å²) in [6.07, 6.45) is 10.6. The molecule has 27 heavy (non-hydrogen) atoms. The Bertz CT molecular complexity index is 822. The van der Waals surface area contributed by atoms with Crippen molar-refractivity contribution in [1.82, 2.24) is 14.9 Å². The zero-order chi connectivity index (χ0) is 19.1. The predicted molar refractivity (Wildman–Crippen MR) is 109 cm³/mol. The Morgan fingerprint density at radius 2 is 2.11 bits per heavy atom. The van der Waals surface area contributed by atoms with Gasteiger partial charge in [-0.25, -0.2) is 0 Å². The third-order valence-corrected chi connectivity index (χ3v) is 5.29. The highest BCUT2D eigenvalue weighted by atomic mass is 32.1. The van der Waals surface area contributed by atoms with E-state index in [1.54, 1.807) is 18.0 Å². The molecule has 1 aliphatic rings. The fraction of sp³-hybridized carbons (Fsp3) is 0.550. The molecular weight excluding hydrogens is 360 g/mol. The SMILES string of the molecule is CCOc1cc(/C=N\n2c(CCC3CCCCC3)n[nH]c2=S)ccc1OC. The molecule has 7 heteroatoms. The molecule has 0 unspecified atom stereocenters. The highest BCUT2D eigenvalue weighted by Crippen LogP contribution is 2.28. The first kappa shape index (κ1) is 19.6. The first-order chi connectivity index (χ1) is 13.2. The lowest BCUT2D eigenvalue weighted by Crippen LogP contribution is -2.09. The number of hydrogen-bond donors (Lipinski definition) is 1. The summed E-state index contributed by atoms with van der Waals surface area (Å²) in [4.78, 5) is 0. The molecule has 6 nitrogen and oxygen atoms in total. The van der Waals surface area contributed by atoms with E-state index in [1.807, 2.05) is 25.1 Å². The van der Waals surface area contributed by atoms with E-state index in [0.717, 1.165) is 30.1 Å². The molecule has 1 aromatic carbocycles. The van der Waals surface area contributed by atoms with E-state index >= 15 is 0 Å². The summed E-state index contributed by atoms with van der Waals surface area (Å²) in [6.45, 7) is 2.53. The van der Waals surface area contributed by atoms with Gasteiger partial charge in [0.2, 0.25) is 4.77 Å². The second kappa shape index (κ2) is 9.69. The van der Waals surface area contributed by atoms with Gasteiger partial charge in [0.05, 0.1) is 19.9 Å². The van der Waals surface area contributed by atoms with Crippen LogP contribution in [0.1, 0.15) is 56.8 Å². The third-order valence-electron chi connectivity index (χ3n) is 5.03. The van der Waals surface area contributed by atoms with Crippen molar-refractivity contribution in [3.8, 4) is 11.5 Å². The molecule has 1 N–H and O–H groups in total. The normalized spacial score (nSPS) is 15.3. The fourth-order valence-electron chi connectivity index (χ4n) is 3.58. The van der Waals surface area contributed by atoms with Crippen molar-refractivity contribution in [3.63, 3.8) is 0 Å². The Morgan fingerprint density at radius 1 is 1.30 bits per heavy atom. The molecule has 0 radical (unpaired) electrons. The largest absolute Gasteiger partial charge is 0.493 e. The van der Waals surface area contributed by atoms with Crippen molar-refractivity contribution in [3.05, 3.63) is 34.4 Å². The van der Waals surface area contributed by atoms with Crippen LogP contribution >= 0.6 is 12.2 Å². The highest BCUT2D eigenvalue weighted by molar-refractivity contribution is 7.71. The molecule has 0 amide bonds. The van der Waals surface area contributed by atoms with Crippen LogP contribution in [0.15, 0.2) is 23.3 Å². The monoisotopic (exact) mass is 388 g/mol. The number of ether oxygens (including phenoxy) is 2. The third kappa shape index (κ3) is 5.19. The molecule has 146 valence electrons. The van der Waals surface area contributed by atoms with E-state index in [9.17, 15) is 0 Å². The molecule has 0 atom stereocenters. The molecule has 1 heterocycles. The van der Waals surface area contributed by atoms with Gasteiger partial charge in [-0.2, -0.15) is 14.9 Å². The van der Waals surface area contributed by atoms with Gasteiger partial charge < -0.3 is 9.47 Å². The number of benzene rings is 1. The first-order valence-electron chi connectivity index (χ1n) is 9.72. The Hall–Kier alpha value is -2.15. The maximum Gasteiger partial charge on any atom is 0.216 e. The quantitative estimate of drug-likeness (QED) is 0.524. The molecule has 1 fully saturated rings. The number of nitrogens with one attached hydrogen (secondary N) is 1. The molecule has 1 aliphatic carbocycles. The molecule has 0 spiro atoms. The topological polar surface area (TPSA) is 64.4 Å². The lowest BCUT2D eigenvalue weighted by Gasteiger charge is -2.20. The van der Waals surface area contributed by atoms with Gasteiger partial charge in [0.15, 0.2) is 17.3 Å². The number of hydrogen-bond acceptors (Lipinski definition) is 5. The number of methoxy groups -OCH3 is 1. The maximum absolute atomic E-state index is 5.63. The average Bonchev–Trinajstić information content (AvgIpc) is 3.05. The van der Waals surface area contributed by atoms with Gasteiger partial charge in [-0.15, -0.1) is 0 Å². The Kier molecular flexibility index (Phi) is 7.04. The van der Waals surface area contributed by atoms with E-state index in [4.69, 9.17) is 21.7 Å². The summed E-state index contributed by atoms with van der Waals surface area (Å²) in [6, 6.07) is 5.73. The lowest BCUT2D eigenvalue weighted by molar-refractivity contribution is 0.311. The van der Waals surface area contributed by atoms with Gasteiger partial charge in [-0.1, -0.05) is 32.1 Å². The van der Waals surface area contributed by atoms with Gasteiger partial charge in [0.1, 0.15) is 0 Å². The highest BCUT2D eigenvalue weighted by Gasteiger charge is 2.15. The summed E-state index contributed by atoms with van der Waals surface area (Å²) in [5, 5.41) is 11.8. The van der Waals surface area contributed by atoms with Crippen LogP contribution in [0, 0.1) is 10.7 Å². The van der Waals surface area contributed by atoms with Crippen molar-refractivity contribution >= 4 is 18.4 Å². The van der Waals surface area contributed by atoms with E-state index in [2.05, 4.69) is 15.3 Å². The molecule has 0 aliphatic heterocycles. The minimum absolute atomic E-state index is 0.517. The van der Waals surface area contributed by atoms with E-state index in [-0.39, 0.29) is 0 Å². The number of rotatable bonds is 8. The average molecular weight is 389 g/mol. The van der Waals surface area contributed by atoms with E-state index < -0.39 is 0 Å². The number of nitrogens with zero attached hydrogens (tertiary/aromatic N) is 3. The van der Waals surface area contributed by atoms with Gasteiger partial charge in [-0.05, 0) is 55.2 Å². The number of aromatic nitrogens is 3. The summed E-state index contributed by atoms with van der Waals surface area (Å²) >= 11 is 5.35. The molecule has 0 bridgehead atoms. The molecule has 3 rings (SSSR count). The van der Waals surface area contributed by atoms with Crippen molar-refractivity contribution < 1.29 is 9.47 Å². The van der Waals surface area contributed by atoms with Crippen LogP contribution < -0.4 is 9.47 Å². The summed E-state index contributed by atoms with van der Waals surface area (Å²) in [5.41, 5.74) is 0.917. The van der Waals surface area contributed by atoms with Crippen LogP contribution in [-0.4, -0.2) is 34.8 Å². The minimum atomic E-state index is 0.517. The van der Waals surface area contributed by atoms with E-state index in [1.165, 1.54) is 32.1 Å². The van der Waals surface area contributed by atoms with Crippen LogP contribution in [0.5, 0.6) is 11.5 Å². The summed E-state index contributed by atoms with van der Waals surface area (Å²) in [5.74, 6) is 3.11. The van der Waals surface area contributed by atoms with E-state index in [0.29, 0.717) is 22.9 Å². The number of aryl methyl sites for hydroxylation is 1. The van der Waals surface area contributed by atoms with Gasteiger partial charge >= 0.3 is 0 Å². The predicted octanol–water partition coefficient (Wildman–Crippen LogP) is 4.74. The van der Waals surface area contributed by atoms with Crippen molar-refractivity contribution in [1.29, 1.82) is 0 Å². The number of aromatic amines is 1. The fourth-order valence-corrected chi connectivity index (χ4v) is 3.78. The summed E-state index contributed by atoms with van der Waals surface area (Å²) in [7, 11) is 1.63. The van der Waals surface area contributed by atoms with Crippen molar-refractivity contribution in [2.24, 2.45) is 11.0 Å². The molecule has 1 saturated carbocycles. The lowest BCUT2D eigenvalue weighted by atomic mass is 9.86. The van der Waals surface area contributed by atoms with Gasteiger partial charge in [0, 0.05) is 6.42 Å². The minimum Gasteiger partial charge on any atom is -0.493 e. The Morgan fingerprint density at radius 3 is 2.85 bits per heavy atom. The van der Waals surface area contributed by atoms with Gasteiger partial charge in [-0.3, -0.25) is 5.10 Å². The Balaban J connectivity index is 1.72. The molecule has 0 saturated heterocycles. The van der Waals surface area contributed by atoms with Crippen LogP contribution in [-0.2, 0) is 6.42 Å². The maximum atomic E-state index is 5.63. The molecular formula is C20H28N4O2S. The zero-order valence-electron chi connectivity index (χ0n) is 16.1. The first-order valence-corrected chi connectivity index (χ1v) is 10.1. The Labute approximate surface area is 165 Å². The smallest absolute Gasteiger partial charge is 0.216 e. The summed E-state index contributed by atoms with van der Waals surface area (Å²) < 4.78 is 13.2. The van der Waals surface area contributed by atoms with Crippen LogP contribution in [0.4, 0.5) is 0 Å². The van der Waals surface area contributed by atoms with Crippen LogP contribution in [0.25, 0.3) is 0 Å². The molecule has 2 aromatic rings.